The van der Waals surface area contributed by atoms with E-state index in [1.54, 1.807) is 0 Å². The lowest BCUT2D eigenvalue weighted by Gasteiger charge is -2.00. The van der Waals surface area contributed by atoms with Crippen LogP contribution < -0.4 is 5.56 Å². The molecule has 3 nitrogen and oxygen atoms in total. The topological polar surface area (TPSA) is 45.8 Å². The number of aromatic nitrogens is 2. The summed E-state index contributed by atoms with van der Waals surface area (Å²) in [6.07, 6.45) is 1.82. The first kappa shape index (κ1) is 10.6. The molecule has 0 fully saturated rings. The zero-order chi connectivity index (χ0) is 9.68. The molecule has 1 N–H and O–H groups in total. The molecule has 0 aliphatic carbocycles. The van der Waals surface area contributed by atoms with Crippen molar-refractivity contribution in [3.8, 4) is 0 Å². The van der Waals surface area contributed by atoms with E-state index in [9.17, 15) is 4.79 Å². The van der Waals surface area contributed by atoms with Crippen molar-refractivity contribution in [2.45, 2.75) is 24.9 Å². The fraction of sp³-hybridized carbons (Fsp3) is 0.500. The van der Waals surface area contributed by atoms with Gasteiger partial charge in [0.25, 0.3) is 5.56 Å². The molecular formula is C8H11ClN2OS. The highest BCUT2D eigenvalue weighted by molar-refractivity contribution is 8.00. The second-order valence-electron chi connectivity index (χ2n) is 2.55. The summed E-state index contributed by atoms with van der Waals surface area (Å²) in [5.41, 5.74) is 0.727. The van der Waals surface area contributed by atoms with Gasteiger partial charge in [0.05, 0.1) is 5.21 Å². The molecule has 0 aliphatic heterocycles. The van der Waals surface area contributed by atoms with Gasteiger partial charge in [-0.2, -0.15) is 0 Å². The SMILES string of the molecule is CCCc1cc(=O)[nH]c(SCCl)n1. The molecule has 0 unspecified atom stereocenters. The van der Waals surface area contributed by atoms with E-state index in [4.69, 9.17) is 11.6 Å². The Hall–Kier alpha value is -0.480. The molecule has 0 atom stereocenters. The summed E-state index contributed by atoms with van der Waals surface area (Å²) in [6, 6.07) is 1.53. The van der Waals surface area contributed by atoms with E-state index < -0.39 is 0 Å². The van der Waals surface area contributed by atoms with Crippen molar-refractivity contribution in [1.82, 2.24) is 9.97 Å². The fourth-order valence-electron chi connectivity index (χ4n) is 0.988. The van der Waals surface area contributed by atoms with Crippen LogP contribution in [0.2, 0.25) is 0 Å². The minimum absolute atomic E-state index is 0.105. The predicted octanol–water partition coefficient (Wildman–Crippen LogP) is 2.01. The number of nitrogens with one attached hydrogen (secondary N) is 1. The lowest BCUT2D eigenvalue weighted by Crippen LogP contribution is -2.09. The quantitative estimate of drug-likeness (QED) is 0.478. The average Bonchev–Trinajstić information content (AvgIpc) is 2.04. The maximum absolute atomic E-state index is 11.1. The number of hydrogen-bond donors (Lipinski definition) is 1. The average molecular weight is 219 g/mol. The molecular weight excluding hydrogens is 208 g/mol. The number of H-pyrrole nitrogens is 1. The number of alkyl halides is 1. The van der Waals surface area contributed by atoms with Crippen LogP contribution in [0.5, 0.6) is 0 Å². The Kier molecular flexibility index (Phi) is 4.32. The number of thioether (sulfide) groups is 1. The number of aromatic amines is 1. The van der Waals surface area contributed by atoms with E-state index >= 15 is 0 Å². The highest BCUT2D eigenvalue weighted by atomic mass is 35.5. The van der Waals surface area contributed by atoms with E-state index in [-0.39, 0.29) is 5.56 Å². The van der Waals surface area contributed by atoms with Crippen molar-refractivity contribution in [3.05, 3.63) is 22.1 Å². The van der Waals surface area contributed by atoms with Crippen LogP contribution in [0.25, 0.3) is 0 Å². The zero-order valence-corrected chi connectivity index (χ0v) is 8.91. The Labute approximate surface area is 85.9 Å². The van der Waals surface area contributed by atoms with E-state index in [2.05, 4.69) is 16.9 Å². The standard InChI is InChI=1S/C8H11ClN2OS/c1-2-3-6-4-7(12)11-8(10-6)13-5-9/h4H,2-3,5H2,1H3,(H,10,11,12). The Morgan fingerprint density at radius 1 is 1.69 bits per heavy atom. The van der Waals surface area contributed by atoms with Crippen molar-refractivity contribution in [2.75, 3.05) is 5.21 Å². The van der Waals surface area contributed by atoms with Crippen LogP contribution in [-0.2, 0) is 6.42 Å². The fourth-order valence-corrected chi connectivity index (χ4v) is 1.76. The lowest BCUT2D eigenvalue weighted by atomic mass is 10.2. The Balaban J connectivity index is 2.90. The second-order valence-corrected chi connectivity index (χ2v) is 4.09. The summed E-state index contributed by atoms with van der Waals surface area (Å²) in [5.74, 6) is 0. The van der Waals surface area contributed by atoms with Gasteiger partial charge in [-0.15, -0.1) is 11.6 Å². The molecule has 0 saturated carbocycles. The van der Waals surface area contributed by atoms with Crippen molar-refractivity contribution in [3.63, 3.8) is 0 Å². The van der Waals surface area contributed by atoms with Gasteiger partial charge in [-0.05, 0) is 6.42 Å². The van der Waals surface area contributed by atoms with Gasteiger partial charge in [0.1, 0.15) is 0 Å². The van der Waals surface area contributed by atoms with Gasteiger partial charge in [0.2, 0.25) is 0 Å². The minimum Gasteiger partial charge on any atom is -0.301 e. The molecule has 1 aromatic rings. The number of hydrogen-bond acceptors (Lipinski definition) is 3. The highest BCUT2D eigenvalue weighted by Crippen LogP contribution is 2.12. The molecule has 0 amide bonds. The van der Waals surface area contributed by atoms with Crippen LogP contribution in [-0.4, -0.2) is 15.2 Å². The lowest BCUT2D eigenvalue weighted by molar-refractivity contribution is 0.816. The first-order valence-corrected chi connectivity index (χ1v) is 5.57. The van der Waals surface area contributed by atoms with E-state index in [1.165, 1.54) is 17.8 Å². The summed E-state index contributed by atoms with van der Waals surface area (Å²) in [7, 11) is 0. The van der Waals surface area contributed by atoms with Crippen molar-refractivity contribution in [1.29, 1.82) is 0 Å². The third kappa shape index (κ3) is 3.40. The Bertz CT molecular complexity index is 299. The molecule has 5 heteroatoms. The van der Waals surface area contributed by atoms with Crippen molar-refractivity contribution >= 4 is 23.4 Å². The molecule has 0 saturated heterocycles. The van der Waals surface area contributed by atoms with Gasteiger partial charge >= 0.3 is 0 Å². The summed E-state index contributed by atoms with van der Waals surface area (Å²) < 4.78 is 0. The first-order valence-electron chi connectivity index (χ1n) is 4.05. The first-order chi connectivity index (χ1) is 6.26. The van der Waals surface area contributed by atoms with Gasteiger partial charge in [-0.3, -0.25) is 4.79 Å². The maximum Gasteiger partial charge on any atom is 0.251 e. The molecule has 1 aromatic heterocycles. The van der Waals surface area contributed by atoms with Crippen LogP contribution in [0, 0.1) is 0 Å². The largest absolute Gasteiger partial charge is 0.301 e. The number of halogens is 1. The van der Waals surface area contributed by atoms with Gasteiger partial charge in [-0.25, -0.2) is 4.98 Å². The molecule has 0 aromatic carbocycles. The molecule has 72 valence electrons. The maximum atomic E-state index is 11.1. The van der Waals surface area contributed by atoms with Gasteiger partial charge in [0, 0.05) is 11.8 Å². The van der Waals surface area contributed by atoms with Gasteiger partial charge < -0.3 is 4.98 Å². The van der Waals surface area contributed by atoms with Crippen LogP contribution in [0.4, 0.5) is 0 Å². The molecule has 13 heavy (non-hydrogen) atoms. The van der Waals surface area contributed by atoms with Gasteiger partial charge in [-0.1, -0.05) is 25.1 Å². The van der Waals surface area contributed by atoms with Crippen LogP contribution >= 0.6 is 23.4 Å². The summed E-state index contributed by atoms with van der Waals surface area (Å²) in [6.45, 7) is 2.05. The number of rotatable bonds is 4. The predicted molar refractivity (Wildman–Crippen MR) is 55.4 cm³/mol. The minimum atomic E-state index is -0.105. The summed E-state index contributed by atoms with van der Waals surface area (Å²) in [5, 5.41) is 1.00. The van der Waals surface area contributed by atoms with Crippen LogP contribution in [0.1, 0.15) is 19.0 Å². The highest BCUT2D eigenvalue weighted by Gasteiger charge is 2.00. The third-order valence-electron chi connectivity index (χ3n) is 1.47. The van der Waals surface area contributed by atoms with E-state index in [0.717, 1.165) is 18.5 Å². The molecule has 0 aliphatic rings. The second kappa shape index (κ2) is 5.29. The normalized spacial score (nSPS) is 10.3. The van der Waals surface area contributed by atoms with Crippen LogP contribution in [0.15, 0.2) is 16.0 Å². The summed E-state index contributed by atoms with van der Waals surface area (Å²) in [4.78, 5) is 18.0. The summed E-state index contributed by atoms with van der Waals surface area (Å²) >= 11 is 6.85. The van der Waals surface area contributed by atoms with E-state index in [0.29, 0.717) is 10.4 Å². The van der Waals surface area contributed by atoms with Crippen LogP contribution in [0.3, 0.4) is 0 Å². The molecule has 1 rings (SSSR count). The molecule has 0 bridgehead atoms. The third-order valence-corrected chi connectivity index (χ3v) is 2.37. The van der Waals surface area contributed by atoms with Crippen molar-refractivity contribution in [2.24, 2.45) is 0 Å². The zero-order valence-electron chi connectivity index (χ0n) is 7.34. The van der Waals surface area contributed by atoms with E-state index in [1.807, 2.05) is 0 Å². The Morgan fingerprint density at radius 2 is 2.46 bits per heavy atom. The van der Waals surface area contributed by atoms with Gasteiger partial charge in [0.15, 0.2) is 5.16 Å². The monoisotopic (exact) mass is 218 g/mol. The number of nitrogens with zero attached hydrogens (tertiary/aromatic N) is 1. The number of aryl methyl sites for hydroxylation is 1. The van der Waals surface area contributed by atoms with Crippen molar-refractivity contribution < 1.29 is 0 Å². The molecule has 0 spiro atoms. The smallest absolute Gasteiger partial charge is 0.251 e. The molecule has 1 heterocycles. The Morgan fingerprint density at radius 3 is 3.08 bits per heavy atom. The molecule has 0 radical (unpaired) electrons.